The molecule has 2 aromatic carbocycles. The summed E-state index contributed by atoms with van der Waals surface area (Å²) in [5, 5.41) is 5.65. The van der Waals surface area contributed by atoms with Gasteiger partial charge < -0.3 is 15.1 Å². The summed E-state index contributed by atoms with van der Waals surface area (Å²) < 4.78 is 18.8. The van der Waals surface area contributed by atoms with E-state index in [1.54, 1.807) is 31.2 Å². The Bertz CT molecular complexity index is 1050. The van der Waals surface area contributed by atoms with E-state index in [2.05, 4.69) is 16.6 Å². The summed E-state index contributed by atoms with van der Waals surface area (Å²) in [7, 11) is 0. The summed E-state index contributed by atoms with van der Waals surface area (Å²) in [5.41, 5.74) is 2.09. The first-order chi connectivity index (χ1) is 12.5. The molecule has 130 valence electrons. The second-order valence-electron chi connectivity index (χ2n) is 5.65. The van der Waals surface area contributed by atoms with E-state index in [1.165, 1.54) is 18.2 Å². The molecule has 0 aliphatic carbocycles. The standard InChI is InChI=1S/C20H15FN2O3/c1-3-13-5-4-6-15(9-13)23-18(24)11-22-20(25)19-12(2)16-10-14(21)7-8-17(16)26-19/h1,4-10H,11H2,2H3,(H,22,25)(H,23,24). The fourth-order valence-corrected chi connectivity index (χ4v) is 2.54. The zero-order chi connectivity index (χ0) is 18.7. The minimum Gasteiger partial charge on any atom is -0.451 e. The van der Waals surface area contributed by atoms with Crippen LogP contribution in [0, 0.1) is 25.1 Å². The van der Waals surface area contributed by atoms with Gasteiger partial charge in [-0.15, -0.1) is 6.42 Å². The molecule has 26 heavy (non-hydrogen) atoms. The van der Waals surface area contributed by atoms with Crippen LogP contribution in [-0.2, 0) is 4.79 Å². The average molecular weight is 350 g/mol. The summed E-state index contributed by atoms with van der Waals surface area (Å²) in [5.74, 6) is 1.15. The molecule has 0 atom stereocenters. The molecule has 3 aromatic rings. The lowest BCUT2D eigenvalue weighted by atomic mass is 10.1. The van der Waals surface area contributed by atoms with Crippen LogP contribution in [0.5, 0.6) is 0 Å². The molecule has 0 saturated carbocycles. The molecule has 0 bridgehead atoms. The van der Waals surface area contributed by atoms with Crippen LogP contribution < -0.4 is 10.6 Å². The summed E-state index contributed by atoms with van der Waals surface area (Å²) in [6, 6.07) is 10.8. The number of carbonyl (C=O) groups is 2. The Morgan fingerprint density at radius 2 is 2.04 bits per heavy atom. The van der Waals surface area contributed by atoms with Crippen molar-refractivity contribution in [3.63, 3.8) is 0 Å². The lowest BCUT2D eigenvalue weighted by molar-refractivity contribution is -0.115. The van der Waals surface area contributed by atoms with Gasteiger partial charge in [0.15, 0.2) is 5.76 Å². The minimum atomic E-state index is -0.549. The largest absolute Gasteiger partial charge is 0.451 e. The third-order valence-corrected chi connectivity index (χ3v) is 3.83. The first-order valence-corrected chi connectivity index (χ1v) is 7.81. The number of furan rings is 1. The lowest BCUT2D eigenvalue weighted by Gasteiger charge is -2.06. The first-order valence-electron chi connectivity index (χ1n) is 7.81. The van der Waals surface area contributed by atoms with E-state index in [-0.39, 0.29) is 12.3 Å². The number of terminal acetylenes is 1. The van der Waals surface area contributed by atoms with Gasteiger partial charge >= 0.3 is 0 Å². The van der Waals surface area contributed by atoms with Gasteiger partial charge in [0.2, 0.25) is 5.91 Å². The maximum Gasteiger partial charge on any atom is 0.287 e. The van der Waals surface area contributed by atoms with Crippen molar-refractivity contribution in [3.8, 4) is 12.3 Å². The van der Waals surface area contributed by atoms with E-state index in [9.17, 15) is 14.0 Å². The van der Waals surface area contributed by atoms with Gasteiger partial charge in [-0.05, 0) is 43.3 Å². The number of amides is 2. The van der Waals surface area contributed by atoms with Crippen LogP contribution in [0.15, 0.2) is 46.9 Å². The summed E-state index contributed by atoms with van der Waals surface area (Å²) in [4.78, 5) is 24.3. The van der Waals surface area contributed by atoms with E-state index in [0.29, 0.717) is 27.8 Å². The number of benzene rings is 2. The highest BCUT2D eigenvalue weighted by Crippen LogP contribution is 2.25. The fraction of sp³-hybridized carbons (Fsp3) is 0.100. The second-order valence-corrected chi connectivity index (χ2v) is 5.65. The zero-order valence-electron chi connectivity index (χ0n) is 13.9. The van der Waals surface area contributed by atoms with Crippen LogP contribution in [0.1, 0.15) is 21.7 Å². The number of nitrogens with one attached hydrogen (secondary N) is 2. The van der Waals surface area contributed by atoms with E-state index in [0.717, 1.165) is 0 Å². The van der Waals surface area contributed by atoms with Crippen molar-refractivity contribution in [1.82, 2.24) is 5.32 Å². The van der Waals surface area contributed by atoms with Crippen LogP contribution in [0.4, 0.5) is 10.1 Å². The van der Waals surface area contributed by atoms with Crippen molar-refractivity contribution >= 4 is 28.5 Å². The van der Waals surface area contributed by atoms with Crippen LogP contribution in [0.3, 0.4) is 0 Å². The normalized spacial score (nSPS) is 10.3. The Balaban J connectivity index is 1.66. The van der Waals surface area contributed by atoms with Gasteiger partial charge in [-0.2, -0.15) is 0 Å². The number of aryl methyl sites for hydroxylation is 1. The van der Waals surface area contributed by atoms with Crippen molar-refractivity contribution in [2.75, 3.05) is 11.9 Å². The molecular weight excluding hydrogens is 335 g/mol. The number of fused-ring (bicyclic) bond motifs is 1. The number of carbonyl (C=O) groups excluding carboxylic acids is 2. The van der Waals surface area contributed by atoms with Gasteiger partial charge in [-0.25, -0.2) is 4.39 Å². The smallest absolute Gasteiger partial charge is 0.287 e. The Morgan fingerprint density at radius 3 is 2.81 bits per heavy atom. The Labute approximate surface area is 149 Å². The molecule has 0 aliphatic rings. The number of rotatable bonds is 4. The van der Waals surface area contributed by atoms with Gasteiger partial charge in [0.25, 0.3) is 5.91 Å². The molecule has 1 heterocycles. The topological polar surface area (TPSA) is 71.3 Å². The summed E-state index contributed by atoms with van der Waals surface area (Å²) in [6.07, 6.45) is 5.31. The monoisotopic (exact) mass is 350 g/mol. The molecule has 2 N–H and O–H groups in total. The quantitative estimate of drug-likeness (QED) is 0.710. The van der Waals surface area contributed by atoms with Crippen LogP contribution in [-0.4, -0.2) is 18.4 Å². The molecule has 0 aliphatic heterocycles. The Kier molecular flexibility index (Phi) is 4.72. The Morgan fingerprint density at radius 1 is 1.23 bits per heavy atom. The van der Waals surface area contributed by atoms with E-state index < -0.39 is 17.6 Å². The number of hydrogen-bond donors (Lipinski definition) is 2. The van der Waals surface area contributed by atoms with Gasteiger partial charge in [-0.1, -0.05) is 12.0 Å². The van der Waals surface area contributed by atoms with Gasteiger partial charge in [-0.3, -0.25) is 9.59 Å². The van der Waals surface area contributed by atoms with Crippen LogP contribution >= 0.6 is 0 Å². The van der Waals surface area contributed by atoms with Gasteiger partial charge in [0, 0.05) is 22.2 Å². The maximum atomic E-state index is 13.3. The average Bonchev–Trinajstić information content (AvgIpc) is 2.96. The summed E-state index contributed by atoms with van der Waals surface area (Å²) >= 11 is 0. The SMILES string of the molecule is C#Cc1cccc(NC(=O)CNC(=O)c2oc3ccc(F)cc3c2C)c1. The predicted molar refractivity (Wildman–Crippen MR) is 96.2 cm³/mol. The van der Waals surface area contributed by atoms with Gasteiger partial charge in [0.1, 0.15) is 11.4 Å². The molecule has 0 radical (unpaired) electrons. The molecule has 0 saturated heterocycles. The lowest BCUT2D eigenvalue weighted by Crippen LogP contribution is -2.32. The molecule has 0 spiro atoms. The third-order valence-electron chi connectivity index (χ3n) is 3.83. The molecule has 6 heteroatoms. The van der Waals surface area contributed by atoms with Crippen molar-refractivity contribution in [3.05, 3.63) is 65.2 Å². The van der Waals surface area contributed by atoms with Crippen molar-refractivity contribution in [1.29, 1.82) is 0 Å². The molecular formula is C20H15FN2O3. The maximum absolute atomic E-state index is 13.3. The highest BCUT2D eigenvalue weighted by molar-refractivity contribution is 6.01. The Hall–Kier alpha value is -3.59. The van der Waals surface area contributed by atoms with Gasteiger partial charge in [0.05, 0.1) is 6.54 Å². The highest BCUT2D eigenvalue weighted by Gasteiger charge is 2.18. The van der Waals surface area contributed by atoms with E-state index >= 15 is 0 Å². The first kappa shape index (κ1) is 17.2. The van der Waals surface area contributed by atoms with E-state index in [4.69, 9.17) is 10.8 Å². The molecule has 2 amide bonds. The number of anilines is 1. The fourth-order valence-electron chi connectivity index (χ4n) is 2.54. The van der Waals surface area contributed by atoms with Crippen molar-refractivity contribution < 1.29 is 18.4 Å². The second kappa shape index (κ2) is 7.11. The number of halogens is 1. The van der Waals surface area contributed by atoms with Crippen molar-refractivity contribution in [2.24, 2.45) is 0 Å². The molecule has 1 aromatic heterocycles. The van der Waals surface area contributed by atoms with Crippen LogP contribution in [0.2, 0.25) is 0 Å². The van der Waals surface area contributed by atoms with Crippen molar-refractivity contribution in [2.45, 2.75) is 6.92 Å². The van der Waals surface area contributed by atoms with E-state index in [1.807, 2.05) is 0 Å². The minimum absolute atomic E-state index is 0.0488. The molecule has 0 fully saturated rings. The molecule has 0 unspecified atom stereocenters. The molecule has 3 rings (SSSR count). The predicted octanol–water partition coefficient (Wildman–Crippen LogP) is 3.23. The van der Waals surface area contributed by atoms with Crippen LogP contribution in [0.25, 0.3) is 11.0 Å². The third kappa shape index (κ3) is 3.57. The highest BCUT2D eigenvalue weighted by atomic mass is 19.1. The number of hydrogen-bond acceptors (Lipinski definition) is 3. The molecule has 5 nitrogen and oxygen atoms in total. The zero-order valence-corrected chi connectivity index (χ0v) is 13.9. The summed E-state index contributed by atoms with van der Waals surface area (Å²) in [6.45, 7) is 1.41.